The first kappa shape index (κ1) is 40.9. The Bertz CT molecular complexity index is 1160. The Labute approximate surface area is 246 Å². The van der Waals surface area contributed by atoms with Gasteiger partial charge in [0.25, 0.3) is 0 Å². The summed E-state index contributed by atoms with van der Waals surface area (Å²) >= 11 is 0. The van der Waals surface area contributed by atoms with Crippen LogP contribution in [-0.2, 0) is 39.6 Å². The summed E-state index contributed by atoms with van der Waals surface area (Å²) in [5, 5.41) is 16.9. The summed E-state index contributed by atoms with van der Waals surface area (Å²) in [6.45, 7) is 0.138. The summed E-state index contributed by atoms with van der Waals surface area (Å²) < 4.78 is 140. The molecule has 254 valence electrons. The fraction of sp³-hybridized carbons (Fsp3) is 0.400. The summed E-state index contributed by atoms with van der Waals surface area (Å²) in [5.74, 6) is -5.99. The van der Waals surface area contributed by atoms with E-state index in [-0.39, 0.29) is 32.5 Å². The van der Waals surface area contributed by atoms with Crippen LogP contribution >= 0.6 is 0 Å². The number of carboxylic acid groups (broad SMARTS) is 2. The molecule has 0 atom stereocenters. The standard InChI is InChI=1S/C21H23F6N3O.2C2HF3O2/c22-20(23,24)16-5-1-14(2-6-16)11-19(13-29,18(31)30-10-9-28)12-15-3-7-17(8-4-15)21(25,26)27;2*3-2(4,5)1(6)7/h1-8H,9-13,28-29H2,(H,30,31);2*(H,6,7). The van der Waals surface area contributed by atoms with E-state index in [0.717, 1.165) is 24.3 Å². The van der Waals surface area contributed by atoms with Crippen molar-refractivity contribution in [1.82, 2.24) is 5.32 Å². The molecule has 0 saturated carbocycles. The van der Waals surface area contributed by atoms with Crippen molar-refractivity contribution >= 4 is 17.8 Å². The predicted molar refractivity (Wildman–Crippen MR) is 131 cm³/mol. The lowest BCUT2D eigenvalue weighted by Gasteiger charge is -2.32. The van der Waals surface area contributed by atoms with Crippen LogP contribution in [0.15, 0.2) is 48.5 Å². The molecular weight excluding hydrogens is 650 g/mol. The first-order chi connectivity index (χ1) is 20.3. The van der Waals surface area contributed by atoms with Crippen molar-refractivity contribution in [2.45, 2.75) is 37.5 Å². The molecule has 0 aromatic heterocycles. The second-order valence-corrected chi connectivity index (χ2v) is 8.88. The zero-order valence-corrected chi connectivity index (χ0v) is 22.5. The van der Waals surface area contributed by atoms with E-state index < -0.39 is 59.1 Å². The summed E-state index contributed by atoms with van der Waals surface area (Å²) in [6.07, 6.45) is -19.2. The van der Waals surface area contributed by atoms with Crippen LogP contribution in [0.25, 0.3) is 0 Å². The van der Waals surface area contributed by atoms with Crippen LogP contribution in [0.4, 0.5) is 52.7 Å². The lowest BCUT2D eigenvalue weighted by molar-refractivity contribution is -0.193. The molecule has 0 bridgehead atoms. The number of aliphatic carboxylic acids is 2. The largest absolute Gasteiger partial charge is 0.490 e. The number of nitrogens with one attached hydrogen (secondary N) is 1. The van der Waals surface area contributed by atoms with Gasteiger partial charge in [-0.1, -0.05) is 24.3 Å². The number of carbonyl (C=O) groups excluding carboxylic acids is 1. The SMILES string of the molecule is NCCNC(=O)C(CN)(Cc1ccc(C(F)(F)F)cc1)Cc1ccc(C(F)(F)F)cc1.O=C(O)C(F)(F)F.O=C(O)C(F)(F)F. The highest BCUT2D eigenvalue weighted by Crippen LogP contribution is 2.33. The molecule has 0 heterocycles. The van der Waals surface area contributed by atoms with Crippen molar-refractivity contribution < 1.29 is 77.3 Å². The molecule has 0 aliphatic carbocycles. The van der Waals surface area contributed by atoms with Gasteiger partial charge in [-0.2, -0.15) is 52.7 Å². The molecule has 0 aliphatic heterocycles. The molecule has 0 spiro atoms. The van der Waals surface area contributed by atoms with Gasteiger partial charge in [0.15, 0.2) is 0 Å². The van der Waals surface area contributed by atoms with Gasteiger partial charge in [0.1, 0.15) is 0 Å². The maximum absolute atomic E-state index is 12.9. The molecule has 45 heavy (non-hydrogen) atoms. The number of nitrogens with two attached hydrogens (primary N) is 2. The van der Waals surface area contributed by atoms with Crippen molar-refractivity contribution in [2.75, 3.05) is 19.6 Å². The van der Waals surface area contributed by atoms with Crippen LogP contribution in [0.5, 0.6) is 0 Å². The number of rotatable bonds is 8. The normalized spacial score (nSPS) is 12.2. The Morgan fingerprint density at radius 2 is 0.889 bits per heavy atom. The van der Waals surface area contributed by atoms with Crippen LogP contribution in [0, 0.1) is 5.41 Å². The number of halogens is 12. The van der Waals surface area contributed by atoms with Crippen LogP contribution < -0.4 is 16.8 Å². The van der Waals surface area contributed by atoms with E-state index in [0.29, 0.717) is 11.1 Å². The monoisotopic (exact) mass is 675 g/mol. The van der Waals surface area contributed by atoms with Crippen molar-refractivity contribution in [3.05, 3.63) is 70.8 Å². The molecule has 2 aromatic carbocycles. The molecule has 0 aliphatic rings. The van der Waals surface area contributed by atoms with Crippen molar-refractivity contribution in [1.29, 1.82) is 0 Å². The van der Waals surface area contributed by atoms with E-state index in [4.69, 9.17) is 31.3 Å². The quantitative estimate of drug-likeness (QED) is 0.252. The second-order valence-electron chi connectivity index (χ2n) is 8.88. The molecule has 7 N–H and O–H groups in total. The van der Waals surface area contributed by atoms with Gasteiger partial charge in [-0.15, -0.1) is 0 Å². The zero-order valence-electron chi connectivity index (χ0n) is 22.5. The Hall–Kier alpha value is -4.07. The van der Waals surface area contributed by atoms with Crippen LogP contribution in [0.3, 0.4) is 0 Å². The van der Waals surface area contributed by atoms with Gasteiger partial charge in [-0.05, 0) is 48.2 Å². The van der Waals surface area contributed by atoms with E-state index in [1.54, 1.807) is 0 Å². The topological polar surface area (TPSA) is 156 Å². The molecule has 0 radical (unpaired) electrons. The fourth-order valence-corrected chi connectivity index (χ4v) is 3.24. The third kappa shape index (κ3) is 14.5. The predicted octanol–water partition coefficient (Wildman–Crippen LogP) is 4.80. The molecule has 2 aromatic rings. The number of carbonyl (C=O) groups is 3. The number of benzene rings is 2. The van der Waals surface area contributed by atoms with Crippen LogP contribution in [0.2, 0.25) is 0 Å². The first-order valence-electron chi connectivity index (χ1n) is 11.9. The molecule has 8 nitrogen and oxygen atoms in total. The molecule has 1 amide bonds. The maximum Gasteiger partial charge on any atom is 0.490 e. The highest BCUT2D eigenvalue weighted by molar-refractivity contribution is 5.83. The Morgan fingerprint density at radius 1 is 0.600 bits per heavy atom. The maximum atomic E-state index is 12.9. The summed E-state index contributed by atoms with van der Waals surface area (Å²) in [5.41, 5.74) is 9.28. The number of carboxylic acids is 2. The minimum absolute atomic E-state index is 0.000928. The minimum atomic E-state index is -5.08. The minimum Gasteiger partial charge on any atom is -0.475 e. The van der Waals surface area contributed by atoms with Gasteiger partial charge in [-0.3, -0.25) is 4.79 Å². The van der Waals surface area contributed by atoms with Crippen molar-refractivity contribution in [3.63, 3.8) is 0 Å². The van der Waals surface area contributed by atoms with Gasteiger partial charge >= 0.3 is 36.6 Å². The van der Waals surface area contributed by atoms with Crippen molar-refractivity contribution in [2.24, 2.45) is 16.9 Å². The second kappa shape index (κ2) is 16.3. The van der Waals surface area contributed by atoms with E-state index in [2.05, 4.69) is 5.32 Å². The number of amides is 1. The van der Waals surface area contributed by atoms with Gasteiger partial charge in [0.05, 0.1) is 16.5 Å². The summed E-state index contributed by atoms with van der Waals surface area (Å²) in [6, 6.07) is 8.68. The number of alkyl halides is 12. The summed E-state index contributed by atoms with van der Waals surface area (Å²) in [4.78, 5) is 30.7. The van der Waals surface area contributed by atoms with Gasteiger partial charge in [-0.25, -0.2) is 9.59 Å². The Kier molecular flexibility index (Phi) is 14.8. The molecule has 0 fully saturated rings. The number of hydrogen-bond acceptors (Lipinski definition) is 5. The third-order valence-corrected chi connectivity index (χ3v) is 5.43. The highest BCUT2D eigenvalue weighted by atomic mass is 19.4. The lowest BCUT2D eigenvalue weighted by atomic mass is 9.75. The molecule has 2 rings (SSSR count). The molecule has 0 unspecified atom stereocenters. The average Bonchev–Trinajstić information content (AvgIpc) is 2.90. The highest BCUT2D eigenvalue weighted by Gasteiger charge is 2.40. The zero-order chi connectivity index (χ0) is 35.4. The fourth-order valence-electron chi connectivity index (χ4n) is 3.24. The lowest BCUT2D eigenvalue weighted by Crippen LogP contribution is -2.50. The van der Waals surface area contributed by atoms with Gasteiger partial charge in [0.2, 0.25) is 5.91 Å². The van der Waals surface area contributed by atoms with Crippen LogP contribution in [0.1, 0.15) is 22.3 Å². The smallest absolute Gasteiger partial charge is 0.475 e. The van der Waals surface area contributed by atoms with E-state index in [1.165, 1.54) is 24.3 Å². The van der Waals surface area contributed by atoms with E-state index in [9.17, 15) is 57.5 Å². The van der Waals surface area contributed by atoms with Gasteiger partial charge in [0, 0.05) is 19.6 Å². The summed E-state index contributed by atoms with van der Waals surface area (Å²) in [7, 11) is 0. The molecular formula is C25H25F12N3O5. The first-order valence-corrected chi connectivity index (χ1v) is 11.9. The number of hydrogen-bond donors (Lipinski definition) is 5. The third-order valence-electron chi connectivity index (χ3n) is 5.43. The molecule has 20 heteroatoms. The Morgan fingerprint density at radius 3 is 1.09 bits per heavy atom. The van der Waals surface area contributed by atoms with E-state index >= 15 is 0 Å². The van der Waals surface area contributed by atoms with Crippen molar-refractivity contribution in [3.8, 4) is 0 Å². The van der Waals surface area contributed by atoms with Crippen LogP contribution in [-0.4, -0.2) is 60.0 Å². The molecule has 0 saturated heterocycles. The van der Waals surface area contributed by atoms with E-state index in [1.807, 2.05) is 0 Å². The van der Waals surface area contributed by atoms with Gasteiger partial charge < -0.3 is 27.0 Å². The average molecular weight is 675 g/mol. The Balaban J connectivity index is 0.00000114.